The van der Waals surface area contributed by atoms with Gasteiger partial charge in [-0.05, 0) is 37.1 Å². The highest BCUT2D eigenvalue weighted by Gasteiger charge is 2.12. The summed E-state index contributed by atoms with van der Waals surface area (Å²) in [7, 11) is 0. The Morgan fingerprint density at radius 3 is 2.55 bits per heavy atom. The fraction of sp³-hybridized carbons (Fsp3) is 0.214. The molecule has 0 bridgehead atoms. The van der Waals surface area contributed by atoms with Crippen LogP contribution in [0.25, 0.3) is 5.78 Å². The lowest BCUT2D eigenvalue weighted by Gasteiger charge is -2.10. The number of anilines is 1. The normalized spacial score (nSPS) is 11.2. The number of aromatic nitrogens is 4. The van der Waals surface area contributed by atoms with Gasteiger partial charge in [-0.25, -0.2) is 4.98 Å². The molecule has 102 valence electrons. The predicted molar refractivity (Wildman–Crippen MR) is 78.9 cm³/mol. The second-order valence-corrected chi connectivity index (χ2v) is 5.18. The smallest absolute Gasteiger partial charge is 0.254 e. The van der Waals surface area contributed by atoms with Crippen LogP contribution in [-0.4, -0.2) is 19.6 Å². The van der Waals surface area contributed by atoms with Gasteiger partial charge in [-0.2, -0.15) is 9.50 Å². The minimum Gasteiger partial charge on any atom is -0.366 e. The van der Waals surface area contributed by atoms with Gasteiger partial charge in [0.05, 0.1) is 0 Å². The molecule has 0 radical (unpaired) electrons. The second-order valence-electron chi connectivity index (χ2n) is 4.75. The quantitative estimate of drug-likeness (QED) is 0.786. The zero-order valence-corrected chi connectivity index (χ0v) is 12.0. The molecule has 2 aromatic heterocycles. The van der Waals surface area contributed by atoms with Crippen LogP contribution in [0.5, 0.6) is 0 Å². The molecule has 0 amide bonds. The predicted octanol–water partition coefficient (Wildman–Crippen LogP) is 2.57. The lowest BCUT2D eigenvalue weighted by molar-refractivity contribution is 0.858. The van der Waals surface area contributed by atoms with E-state index in [1.807, 2.05) is 38.1 Å². The molecule has 0 spiro atoms. The number of halogens is 1. The van der Waals surface area contributed by atoms with Crippen molar-refractivity contribution in [3.05, 3.63) is 51.8 Å². The Kier molecular flexibility index (Phi) is 3.06. The lowest BCUT2D eigenvalue weighted by Crippen LogP contribution is -2.06. The van der Waals surface area contributed by atoms with Crippen LogP contribution in [0.3, 0.4) is 0 Å². The van der Waals surface area contributed by atoms with Gasteiger partial charge in [0.2, 0.25) is 5.95 Å². The van der Waals surface area contributed by atoms with Crippen molar-refractivity contribution in [1.82, 2.24) is 19.6 Å². The Morgan fingerprint density at radius 1 is 1.15 bits per heavy atom. The van der Waals surface area contributed by atoms with E-state index in [-0.39, 0.29) is 5.95 Å². The maximum atomic E-state index is 5.91. The molecule has 6 heteroatoms. The average molecular weight is 288 g/mol. The Bertz CT molecular complexity index is 776. The molecule has 20 heavy (non-hydrogen) atoms. The summed E-state index contributed by atoms with van der Waals surface area (Å²) in [6.07, 6.45) is 0.775. The van der Waals surface area contributed by atoms with Crippen LogP contribution in [0.1, 0.15) is 22.5 Å². The summed E-state index contributed by atoms with van der Waals surface area (Å²) >= 11 is 5.91. The molecular formula is C14H14ClN5. The van der Waals surface area contributed by atoms with Crippen molar-refractivity contribution in [1.29, 1.82) is 0 Å². The first-order chi connectivity index (χ1) is 9.54. The van der Waals surface area contributed by atoms with Crippen LogP contribution in [0.15, 0.2) is 24.3 Å². The SMILES string of the molecule is Cc1nc2nc(N)nn2c(C)c1Cc1ccc(Cl)cc1. The summed E-state index contributed by atoms with van der Waals surface area (Å²) in [6.45, 7) is 3.98. The number of rotatable bonds is 2. The molecule has 3 aromatic rings. The summed E-state index contributed by atoms with van der Waals surface area (Å²) in [4.78, 5) is 8.55. The summed E-state index contributed by atoms with van der Waals surface area (Å²) in [5.41, 5.74) is 9.88. The lowest BCUT2D eigenvalue weighted by atomic mass is 10.0. The fourth-order valence-corrected chi connectivity index (χ4v) is 2.41. The van der Waals surface area contributed by atoms with Crippen molar-refractivity contribution in [2.45, 2.75) is 20.3 Å². The van der Waals surface area contributed by atoms with Gasteiger partial charge < -0.3 is 5.73 Å². The van der Waals surface area contributed by atoms with E-state index in [4.69, 9.17) is 17.3 Å². The maximum Gasteiger partial charge on any atom is 0.254 e. The Hall–Kier alpha value is -2.14. The van der Waals surface area contributed by atoms with E-state index in [0.29, 0.717) is 5.78 Å². The number of nitrogen functional groups attached to an aromatic ring is 1. The van der Waals surface area contributed by atoms with E-state index < -0.39 is 0 Å². The molecule has 5 nitrogen and oxygen atoms in total. The molecule has 0 fully saturated rings. The van der Waals surface area contributed by atoms with Crippen LogP contribution in [0.2, 0.25) is 5.02 Å². The van der Waals surface area contributed by atoms with Gasteiger partial charge in [-0.15, -0.1) is 5.10 Å². The number of aryl methyl sites for hydroxylation is 2. The van der Waals surface area contributed by atoms with E-state index in [2.05, 4.69) is 15.1 Å². The minimum absolute atomic E-state index is 0.239. The fourth-order valence-electron chi connectivity index (χ4n) is 2.29. The molecule has 0 aliphatic rings. The first kappa shape index (κ1) is 12.9. The van der Waals surface area contributed by atoms with Crippen LogP contribution >= 0.6 is 11.6 Å². The zero-order chi connectivity index (χ0) is 14.3. The molecule has 2 N–H and O–H groups in total. The van der Waals surface area contributed by atoms with Gasteiger partial charge in [-0.3, -0.25) is 0 Å². The number of hydrogen-bond acceptors (Lipinski definition) is 4. The topological polar surface area (TPSA) is 69.1 Å². The first-order valence-electron chi connectivity index (χ1n) is 6.27. The zero-order valence-electron chi connectivity index (χ0n) is 11.3. The molecule has 0 aliphatic heterocycles. The van der Waals surface area contributed by atoms with Crippen molar-refractivity contribution < 1.29 is 0 Å². The molecule has 0 aliphatic carbocycles. The Morgan fingerprint density at radius 2 is 1.85 bits per heavy atom. The first-order valence-corrected chi connectivity index (χ1v) is 6.65. The van der Waals surface area contributed by atoms with Crippen molar-refractivity contribution in [3.63, 3.8) is 0 Å². The van der Waals surface area contributed by atoms with Crippen molar-refractivity contribution in [3.8, 4) is 0 Å². The number of hydrogen-bond donors (Lipinski definition) is 1. The summed E-state index contributed by atoms with van der Waals surface area (Å²) in [5.74, 6) is 0.779. The van der Waals surface area contributed by atoms with Crippen LogP contribution in [0.4, 0.5) is 5.95 Å². The summed E-state index contributed by atoms with van der Waals surface area (Å²) in [5, 5.41) is 4.91. The largest absolute Gasteiger partial charge is 0.366 e. The van der Waals surface area contributed by atoms with Crippen molar-refractivity contribution in [2.24, 2.45) is 0 Å². The van der Waals surface area contributed by atoms with E-state index in [0.717, 1.165) is 28.4 Å². The highest BCUT2D eigenvalue weighted by Crippen LogP contribution is 2.19. The van der Waals surface area contributed by atoms with E-state index in [1.54, 1.807) is 4.52 Å². The molecule has 3 rings (SSSR count). The number of benzene rings is 1. The standard InChI is InChI=1S/C14H14ClN5/c1-8-12(7-10-3-5-11(15)6-4-10)9(2)20-14(17-8)18-13(16)19-20/h3-6H,7H2,1-2H3,(H2,16,19). The minimum atomic E-state index is 0.239. The summed E-state index contributed by atoms with van der Waals surface area (Å²) < 4.78 is 1.69. The third-order valence-corrected chi connectivity index (χ3v) is 3.61. The van der Waals surface area contributed by atoms with E-state index in [9.17, 15) is 0 Å². The van der Waals surface area contributed by atoms with Crippen LogP contribution < -0.4 is 5.73 Å². The second kappa shape index (κ2) is 4.76. The highest BCUT2D eigenvalue weighted by molar-refractivity contribution is 6.30. The molecule has 0 saturated carbocycles. The molecular weight excluding hydrogens is 274 g/mol. The van der Waals surface area contributed by atoms with Gasteiger partial charge in [0, 0.05) is 22.8 Å². The van der Waals surface area contributed by atoms with Crippen molar-refractivity contribution in [2.75, 3.05) is 5.73 Å². The third kappa shape index (κ3) is 2.20. The van der Waals surface area contributed by atoms with Gasteiger partial charge in [0.1, 0.15) is 0 Å². The summed E-state index contributed by atoms with van der Waals surface area (Å²) in [6, 6.07) is 7.81. The number of fused-ring (bicyclic) bond motifs is 1. The molecule has 0 atom stereocenters. The molecule has 0 unspecified atom stereocenters. The van der Waals surface area contributed by atoms with Gasteiger partial charge in [-0.1, -0.05) is 23.7 Å². The molecule has 0 saturated heterocycles. The number of nitrogens with zero attached hydrogens (tertiary/aromatic N) is 4. The van der Waals surface area contributed by atoms with Gasteiger partial charge >= 0.3 is 0 Å². The highest BCUT2D eigenvalue weighted by atomic mass is 35.5. The molecule has 1 aromatic carbocycles. The Labute approximate surface area is 121 Å². The van der Waals surface area contributed by atoms with Crippen LogP contribution in [0, 0.1) is 13.8 Å². The van der Waals surface area contributed by atoms with Gasteiger partial charge in [0.25, 0.3) is 5.78 Å². The van der Waals surface area contributed by atoms with E-state index in [1.165, 1.54) is 5.56 Å². The van der Waals surface area contributed by atoms with Gasteiger partial charge in [0.15, 0.2) is 0 Å². The number of nitrogens with two attached hydrogens (primary N) is 1. The van der Waals surface area contributed by atoms with Crippen molar-refractivity contribution >= 4 is 23.3 Å². The third-order valence-electron chi connectivity index (χ3n) is 3.36. The average Bonchev–Trinajstić information content (AvgIpc) is 2.77. The molecule has 2 heterocycles. The maximum absolute atomic E-state index is 5.91. The van der Waals surface area contributed by atoms with E-state index >= 15 is 0 Å². The monoisotopic (exact) mass is 287 g/mol. The Balaban J connectivity index is 2.08. The van der Waals surface area contributed by atoms with Crippen LogP contribution in [-0.2, 0) is 6.42 Å².